The fourth-order valence-corrected chi connectivity index (χ4v) is 2.67. The summed E-state index contributed by atoms with van der Waals surface area (Å²) in [5.74, 6) is 0. The maximum atomic E-state index is 6.28. The van der Waals surface area contributed by atoms with Gasteiger partial charge < -0.3 is 5.73 Å². The van der Waals surface area contributed by atoms with Crippen LogP contribution in [-0.2, 0) is 0 Å². The van der Waals surface area contributed by atoms with Crippen molar-refractivity contribution in [3.63, 3.8) is 0 Å². The van der Waals surface area contributed by atoms with Crippen molar-refractivity contribution in [2.75, 3.05) is 13.1 Å². The van der Waals surface area contributed by atoms with E-state index in [0.717, 1.165) is 19.5 Å². The quantitative estimate of drug-likeness (QED) is 0.825. The number of rotatable bonds is 2. The fraction of sp³-hybridized carbons (Fsp3) is 0.615. The summed E-state index contributed by atoms with van der Waals surface area (Å²) in [5, 5.41) is 0. The van der Waals surface area contributed by atoms with E-state index in [1.165, 1.54) is 17.5 Å². The maximum absolute atomic E-state index is 6.28. The van der Waals surface area contributed by atoms with Crippen LogP contribution in [0.2, 0.25) is 0 Å². The van der Waals surface area contributed by atoms with E-state index in [9.17, 15) is 0 Å². The molecule has 1 fully saturated rings. The first kappa shape index (κ1) is 11.6. The predicted molar refractivity (Wildman–Crippen MR) is 66.2 cm³/mol. The van der Waals surface area contributed by atoms with Crippen molar-refractivity contribution >= 4 is 0 Å². The number of aryl methyl sites for hydroxylation is 1. The SMILES string of the molecule is CCN1CCCC(N)C1c1cnccc1C. The Morgan fingerprint density at radius 2 is 2.38 bits per heavy atom. The largest absolute Gasteiger partial charge is 0.326 e. The summed E-state index contributed by atoms with van der Waals surface area (Å²) in [4.78, 5) is 6.71. The van der Waals surface area contributed by atoms with Crippen molar-refractivity contribution in [3.05, 3.63) is 29.6 Å². The van der Waals surface area contributed by atoms with Crippen molar-refractivity contribution in [3.8, 4) is 0 Å². The maximum Gasteiger partial charge on any atom is 0.0516 e. The van der Waals surface area contributed by atoms with Crippen LogP contribution in [0, 0.1) is 6.92 Å². The van der Waals surface area contributed by atoms with Crippen LogP contribution in [-0.4, -0.2) is 29.0 Å². The summed E-state index contributed by atoms with van der Waals surface area (Å²) in [6, 6.07) is 2.67. The number of likely N-dealkylation sites (N-methyl/N-ethyl adjacent to an activating group) is 1. The zero-order valence-electron chi connectivity index (χ0n) is 10.2. The van der Waals surface area contributed by atoms with Crippen molar-refractivity contribution in [2.24, 2.45) is 5.73 Å². The molecule has 0 spiro atoms. The summed E-state index contributed by atoms with van der Waals surface area (Å²) in [5.41, 5.74) is 8.88. The van der Waals surface area contributed by atoms with Crippen LogP contribution in [0.3, 0.4) is 0 Å². The Balaban J connectivity index is 2.32. The van der Waals surface area contributed by atoms with Crippen LogP contribution in [0.4, 0.5) is 0 Å². The third-order valence-corrected chi connectivity index (χ3v) is 3.59. The molecule has 0 amide bonds. The number of likely N-dealkylation sites (tertiary alicyclic amines) is 1. The van der Waals surface area contributed by atoms with Crippen LogP contribution in [0.5, 0.6) is 0 Å². The van der Waals surface area contributed by atoms with E-state index in [1.807, 2.05) is 12.4 Å². The van der Waals surface area contributed by atoms with Gasteiger partial charge in [-0.05, 0) is 50.0 Å². The zero-order chi connectivity index (χ0) is 11.5. The van der Waals surface area contributed by atoms with Gasteiger partial charge in [-0.25, -0.2) is 0 Å². The van der Waals surface area contributed by atoms with E-state index < -0.39 is 0 Å². The molecule has 88 valence electrons. The Morgan fingerprint density at radius 3 is 3.06 bits per heavy atom. The molecule has 0 radical (unpaired) electrons. The first-order valence-electron chi connectivity index (χ1n) is 6.14. The van der Waals surface area contributed by atoms with E-state index in [0.29, 0.717) is 6.04 Å². The summed E-state index contributed by atoms with van der Waals surface area (Å²) in [6.07, 6.45) is 6.16. The molecule has 16 heavy (non-hydrogen) atoms. The second-order valence-electron chi connectivity index (χ2n) is 4.61. The minimum absolute atomic E-state index is 0.247. The number of hydrogen-bond acceptors (Lipinski definition) is 3. The van der Waals surface area contributed by atoms with Gasteiger partial charge in [-0.15, -0.1) is 0 Å². The van der Waals surface area contributed by atoms with Crippen molar-refractivity contribution in [2.45, 2.75) is 38.8 Å². The topological polar surface area (TPSA) is 42.1 Å². The molecule has 0 aromatic carbocycles. The van der Waals surface area contributed by atoms with Gasteiger partial charge >= 0.3 is 0 Å². The van der Waals surface area contributed by atoms with Gasteiger partial charge in [-0.3, -0.25) is 9.88 Å². The van der Waals surface area contributed by atoms with Crippen LogP contribution < -0.4 is 5.73 Å². The lowest BCUT2D eigenvalue weighted by atomic mass is 9.90. The van der Waals surface area contributed by atoms with Gasteiger partial charge in [-0.1, -0.05) is 6.92 Å². The molecule has 1 saturated heterocycles. The Bertz CT molecular complexity index is 351. The van der Waals surface area contributed by atoms with Crippen LogP contribution in [0.25, 0.3) is 0 Å². The van der Waals surface area contributed by atoms with Crippen molar-refractivity contribution in [1.29, 1.82) is 0 Å². The molecule has 0 saturated carbocycles. The predicted octanol–water partition coefficient (Wildman–Crippen LogP) is 1.87. The standard InChI is InChI=1S/C13H21N3/c1-3-16-8-4-5-12(14)13(16)11-9-15-7-6-10(11)2/h6-7,9,12-13H,3-5,8,14H2,1-2H3. The van der Waals surface area contributed by atoms with Crippen LogP contribution in [0.1, 0.15) is 36.9 Å². The summed E-state index contributed by atoms with van der Waals surface area (Å²) >= 11 is 0. The molecule has 1 aliphatic rings. The molecule has 3 nitrogen and oxygen atoms in total. The fourth-order valence-electron chi connectivity index (χ4n) is 2.67. The Kier molecular flexibility index (Phi) is 3.56. The molecule has 2 unspecified atom stereocenters. The molecule has 2 atom stereocenters. The van der Waals surface area contributed by atoms with E-state index >= 15 is 0 Å². The zero-order valence-corrected chi connectivity index (χ0v) is 10.2. The van der Waals surface area contributed by atoms with Crippen LogP contribution >= 0.6 is 0 Å². The smallest absolute Gasteiger partial charge is 0.0516 e. The lowest BCUT2D eigenvalue weighted by molar-refractivity contribution is 0.135. The molecule has 2 heterocycles. The summed E-state index contributed by atoms with van der Waals surface area (Å²) < 4.78 is 0. The van der Waals surface area contributed by atoms with Crippen LogP contribution in [0.15, 0.2) is 18.5 Å². The van der Waals surface area contributed by atoms with E-state index in [-0.39, 0.29) is 6.04 Å². The third-order valence-electron chi connectivity index (χ3n) is 3.59. The van der Waals surface area contributed by atoms with Gasteiger partial charge in [0.25, 0.3) is 0 Å². The van der Waals surface area contributed by atoms with E-state index in [2.05, 4.69) is 29.8 Å². The highest BCUT2D eigenvalue weighted by Gasteiger charge is 2.30. The Morgan fingerprint density at radius 1 is 1.56 bits per heavy atom. The highest BCUT2D eigenvalue weighted by molar-refractivity contribution is 5.27. The number of pyridine rings is 1. The first-order valence-corrected chi connectivity index (χ1v) is 6.14. The molecule has 1 aromatic rings. The highest BCUT2D eigenvalue weighted by Crippen LogP contribution is 2.31. The summed E-state index contributed by atoms with van der Waals surface area (Å²) in [6.45, 7) is 6.57. The minimum Gasteiger partial charge on any atom is -0.326 e. The normalized spacial score (nSPS) is 26.9. The van der Waals surface area contributed by atoms with Crippen molar-refractivity contribution in [1.82, 2.24) is 9.88 Å². The average Bonchev–Trinajstić information content (AvgIpc) is 2.30. The number of hydrogen-bond donors (Lipinski definition) is 1. The summed E-state index contributed by atoms with van der Waals surface area (Å²) in [7, 11) is 0. The van der Waals surface area contributed by atoms with Gasteiger partial charge in [0.15, 0.2) is 0 Å². The minimum atomic E-state index is 0.247. The number of nitrogens with zero attached hydrogens (tertiary/aromatic N) is 2. The third kappa shape index (κ3) is 2.11. The molecule has 3 heteroatoms. The highest BCUT2D eigenvalue weighted by atomic mass is 15.2. The van der Waals surface area contributed by atoms with Gasteiger partial charge in [0.05, 0.1) is 6.04 Å². The molecule has 2 N–H and O–H groups in total. The lowest BCUT2D eigenvalue weighted by Crippen LogP contribution is -2.46. The molecule has 1 aromatic heterocycles. The second kappa shape index (κ2) is 4.93. The molecular weight excluding hydrogens is 198 g/mol. The molecule has 0 bridgehead atoms. The number of nitrogens with two attached hydrogens (primary N) is 1. The lowest BCUT2D eigenvalue weighted by Gasteiger charge is -2.40. The first-order chi connectivity index (χ1) is 7.74. The Labute approximate surface area is 97.7 Å². The van der Waals surface area contributed by atoms with Gasteiger partial charge in [0, 0.05) is 18.4 Å². The monoisotopic (exact) mass is 219 g/mol. The number of piperidine rings is 1. The molecule has 2 rings (SSSR count). The van der Waals surface area contributed by atoms with Gasteiger partial charge in [-0.2, -0.15) is 0 Å². The van der Waals surface area contributed by atoms with E-state index in [4.69, 9.17) is 5.73 Å². The van der Waals surface area contributed by atoms with Gasteiger partial charge in [0.1, 0.15) is 0 Å². The van der Waals surface area contributed by atoms with E-state index in [1.54, 1.807) is 0 Å². The Hall–Kier alpha value is -0.930. The molecular formula is C13H21N3. The van der Waals surface area contributed by atoms with Crippen molar-refractivity contribution < 1.29 is 0 Å². The second-order valence-corrected chi connectivity index (χ2v) is 4.61. The molecule has 1 aliphatic heterocycles. The average molecular weight is 219 g/mol. The molecule has 0 aliphatic carbocycles. The number of aromatic nitrogens is 1. The van der Waals surface area contributed by atoms with Gasteiger partial charge in [0.2, 0.25) is 0 Å².